The van der Waals surface area contributed by atoms with Crippen LogP contribution in [0.4, 0.5) is 0 Å². The van der Waals surface area contributed by atoms with Crippen molar-refractivity contribution in [1.29, 1.82) is 0 Å². The normalized spacial score (nSPS) is 18.1. The average Bonchev–Trinajstić information content (AvgIpc) is 2.16. The molecular formula is C9H9BrN2O. The fourth-order valence-electron chi connectivity index (χ4n) is 1.38. The van der Waals surface area contributed by atoms with E-state index < -0.39 is 0 Å². The summed E-state index contributed by atoms with van der Waals surface area (Å²) in [7, 11) is 0. The van der Waals surface area contributed by atoms with E-state index in [0.717, 1.165) is 27.9 Å². The van der Waals surface area contributed by atoms with Gasteiger partial charge in [-0.1, -0.05) is 15.9 Å². The van der Waals surface area contributed by atoms with Gasteiger partial charge in [0.15, 0.2) is 0 Å². The molecule has 1 aromatic carbocycles. The second-order valence-corrected chi connectivity index (χ2v) is 3.73. The van der Waals surface area contributed by atoms with Crippen LogP contribution in [0.15, 0.2) is 27.8 Å². The van der Waals surface area contributed by atoms with Crippen LogP contribution in [0.3, 0.4) is 0 Å². The number of hydrazone groups is 1. The Balaban J connectivity index is 2.52. The van der Waals surface area contributed by atoms with Crippen LogP contribution in [0.5, 0.6) is 5.75 Å². The predicted molar refractivity (Wildman–Crippen MR) is 55.0 cm³/mol. The minimum atomic E-state index is 0.652. The molecule has 1 aliphatic heterocycles. The summed E-state index contributed by atoms with van der Waals surface area (Å²) in [6.07, 6.45) is 0.783. The fourth-order valence-corrected chi connectivity index (χ4v) is 1.72. The molecule has 3 nitrogen and oxygen atoms in total. The highest BCUT2D eigenvalue weighted by Crippen LogP contribution is 2.28. The van der Waals surface area contributed by atoms with Crippen LogP contribution in [0.2, 0.25) is 0 Å². The Morgan fingerprint density at radius 1 is 1.46 bits per heavy atom. The predicted octanol–water partition coefficient (Wildman–Crippen LogP) is 1.89. The fraction of sp³-hybridized carbons (Fsp3) is 0.222. The van der Waals surface area contributed by atoms with Crippen LogP contribution in [-0.4, -0.2) is 12.3 Å². The van der Waals surface area contributed by atoms with Crippen LogP contribution < -0.4 is 10.6 Å². The summed E-state index contributed by atoms with van der Waals surface area (Å²) in [5.74, 6) is 6.13. The molecule has 4 heteroatoms. The molecule has 0 saturated heterocycles. The number of hydrogen-bond acceptors (Lipinski definition) is 3. The summed E-state index contributed by atoms with van der Waals surface area (Å²) >= 11 is 3.38. The Kier molecular flexibility index (Phi) is 2.22. The number of nitrogens with zero attached hydrogens (tertiary/aromatic N) is 1. The van der Waals surface area contributed by atoms with Crippen molar-refractivity contribution in [2.75, 3.05) is 6.61 Å². The van der Waals surface area contributed by atoms with Gasteiger partial charge in [-0.3, -0.25) is 0 Å². The maximum absolute atomic E-state index is 5.47. The summed E-state index contributed by atoms with van der Waals surface area (Å²) in [5.41, 5.74) is 1.91. The number of rotatable bonds is 0. The molecule has 0 unspecified atom stereocenters. The molecule has 0 atom stereocenters. The Morgan fingerprint density at radius 2 is 2.31 bits per heavy atom. The van der Waals surface area contributed by atoms with Gasteiger partial charge >= 0.3 is 0 Å². The molecule has 0 saturated carbocycles. The minimum Gasteiger partial charge on any atom is -0.492 e. The summed E-state index contributed by atoms with van der Waals surface area (Å²) in [5, 5.41) is 3.74. The first kappa shape index (κ1) is 8.56. The van der Waals surface area contributed by atoms with Gasteiger partial charge < -0.3 is 10.6 Å². The van der Waals surface area contributed by atoms with E-state index in [-0.39, 0.29) is 0 Å². The van der Waals surface area contributed by atoms with Gasteiger partial charge in [-0.05, 0) is 18.2 Å². The van der Waals surface area contributed by atoms with E-state index in [2.05, 4.69) is 21.0 Å². The number of halogens is 1. The lowest BCUT2D eigenvalue weighted by Crippen LogP contribution is -2.17. The molecular weight excluding hydrogens is 232 g/mol. The van der Waals surface area contributed by atoms with E-state index in [4.69, 9.17) is 10.6 Å². The van der Waals surface area contributed by atoms with Crippen molar-refractivity contribution in [2.24, 2.45) is 10.9 Å². The van der Waals surface area contributed by atoms with E-state index in [9.17, 15) is 0 Å². The Labute approximate surface area is 84.7 Å². The summed E-state index contributed by atoms with van der Waals surface area (Å²) in [6.45, 7) is 0.652. The first-order chi connectivity index (χ1) is 6.31. The van der Waals surface area contributed by atoms with E-state index >= 15 is 0 Å². The van der Waals surface area contributed by atoms with Gasteiger partial charge in [0.1, 0.15) is 5.75 Å². The van der Waals surface area contributed by atoms with Crippen molar-refractivity contribution in [1.82, 2.24) is 0 Å². The topological polar surface area (TPSA) is 47.6 Å². The monoisotopic (exact) mass is 240 g/mol. The standard InChI is InChI=1S/C9H9BrN2O/c10-6-1-2-7-8(12-11)3-4-13-9(7)5-6/h1-2,5H,3-4,11H2/b12-8-. The van der Waals surface area contributed by atoms with E-state index in [0.29, 0.717) is 6.61 Å². The summed E-state index contributed by atoms with van der Waals surface area (Å²) in [6, 6.07) is 5.85. The smallest absolute Gasteiger partial charge is 0.129 e. The molecule has 2 rings (SSSR count). The molecule has 0 amide bonds. The van der Waals surface area contributed by atoms with Crippen LogP contribution in [0.25, 0.3) is 0 Å². The van der Waals surface area contributed by atoms with Gasteiger partial charge in [0.25, 0.3) is 0 Å². The molecule has 0 bridgehead atoms. The minimum absolute atomic E-state index is 0.652. The summed E-state index contributed by atoms with van der Waals surface area (Å²) in [4.78, 5) is 0. The van der Waals surface area contributed by atoms with Gasteiger partial charge in [-0.25, -0.2) is 0 Å². The molecule has 13 heavy (non-hydrogen) atoms. The Morgan fingerprint density at radius 3 is 3.08 bits per heavy atom. The zero-order chi connectivity index (χ0) is 9.26. The molecule has 1 heterocycles. The van der Waals surface area contributed by atoms with Gasteiger partial charge in [0.05, 0.1) is 12.3 Å². The molecule has 68 valence electrons. The number of hydrogen-bond donors (Lipinski definition) is 1. The highest BCUT2D eigenvalue weighted by Gasteiger charge is 2.16. The Bertz CT molecular complexity index is 363. The van der Waals surface area contributed by atoms with Crippen molar-refractivity contribution in [3.05, 3.63) is 28.2 Å². The van der Waals surface area contributed by atoms with E-state index in [1.165, 1.54) is 0 Å². The third kappa shape index (κ3) is 1.54. The number of benzene rings is 1. The zero-order valence-electron chi connectivity index (χ0n) is 6.96. The molecule has 1 aromatic rings. The Hall–Kier alpha value is -1.03. The van der Waals surface area contributed by atoms with Gasteiger partial charge in [-0.2, -0.15) is 5.10 Å². The van der Waals surface area contributed by atoms with Gasteiger partial charge in [0.2, 0.25) is 0 Å². The van der Waals surface area contributed by atoms with Crippen molar-refractivity contribution >= 4 is 21.6 Å². The maximum atomic E-state index is 5.47. The molecule has 0 fully saturated rings. The van der Waals surface area contributed by atoms with Crippen LogP contribution in [0, 0.1) is 0 Å². The lowest BCUT2D eigenvalue weighted by Gasteiger charge is -2.18. The highest BCUT2D eigenvalue weighted by atomic mass is 79.9. The second kappa shape index (κ2) is 3.38. The van der Waals surface area contributed by atoms with Gasteiger partial charge in [-0.15, -0.1) is 0 Å². The van der Waals surface area contributed by atoms with Crippen LogP contribution in [0.1, 0.15) is 12.0 Å². The third-order valence-electron chi connectivity index (χ3n) is 2.01. The van der Waals surface area contributed by atoms with Gasteiger partial charge in [0, 0.05) is 16.5 Å². The number of ether oxygens (including phenoxy) is 1. The second-order valence-electron chi connectivity index (χ2n) is 2.81. The maximum Gasteiger partial charge on any atom is 0.129 e. The number of nitrogens with two attached hydrogens (primary N) is 1. The molecule has 0 aromatic heterocycles. The van der Waals surface area contributed by atoms with E-state index in [1.54, 1.807) is 0 Å². The largest absolute Gasteiger partial charge is 0.492 e. The SMILES string of the molecule is N/N=C1/CCOc2cc(Br)ccc21. The van der Waals surface area contributed by atoms with E-state index in [1.807, 2.05) is 18.2 Å². The molecule has 2 N–H and O–H groups in total. The molecule has 0 aliphatic carbocycles. The van der Waals surface area contributed by atoms with Crippen LogP contribution >= 0.6 is 15.9 Å². The first-order valence-electron chi connectivity index (χ1n) is 4.01. The van der Waals surface area contributed by atoms with Crippen molar-refractivity contribution in [2.45, 2.75) is 6.42 Å². The molecule has 1 aliphatic rings. The van der Waals surface area contributed by atoms with Crippen molar-refractivity contribution in [3.8, 4) is 5.75 Å². The number of fused-ring (bicyclic) bond motifs is 1. The molecule has 0 spiro atoms. The first-order valence-corrected chi connectivity index (χ1v) is 4.80. The van der Waals surface area contributed by atoms with Crippen molar-refractivity contribution in [3.63, 3.8) is 0 Å². The quantitative estimate of drug-likeness (QED) is 0.557. The lowest BCUT2D eigenvalue weighted by molar-refractivity contribution is 0.320. The zero-order valence-corrected chi connectivity index (χ0v) is 8.54. The third-order valence-corrected chi connectivity index (χ3v) is 2.50. The molecule has 0 radical (unpaired) electrons. The van der Waals surface area contributed by atoms with Crippen LogP contribution in [-0.2, 0) is 0 Å². The average molecular weight is 241 g/mol. The summed E-state index contributed by atoms with van der Waals surface area (Å²) < 4.78 is 6.47. The van der Waals surface area contributed by atoms with Crippen molar-refractivity contribution < 1.29 is 4.74 Å². The highest BCUT2D eigenvalue weighted by molar-refractivity contribution is 9.10. The lowest BCUT2D eigenvalue weighted by atomic mass is 10.0.